The Bertz CT molecular complexity index is 7130. The van der Waals surface area contributed by atoms with Gasteiger partial charge >= 0.3 is 0 Å². The topological polar surface area (TPSA) is 39.6 Å². The SMILES string of the molecule is C[Si](C)(C)c1cc2c3c(c1)N(c1ccccc1)c1cc(N(c4ccccc4)c4ccccc4)c4ccccc4c1B3c1cc3c4ccccc4n(-c4ccccc4)c3cc1O2.C[Si](C)(C)c1cc2c3c(c1)N(c1ccccc1)c1cc(N(c4ccccc4)c4ccccc4)c4ccccc4c1B3c1ccc(N(c3ccccc3)c3ccccc3)cc1O2. The monoisotopic (exact) mass is 1600 g/mol. The summed E-state index contributed by atoms with van der Waals surface area (Å²) in [5.74, 6) is 3.67. The van der Waals surface area contributed by atoms with Crippen LogP contribution in [-0.4, -0.2) is 34.1 Å². The maximum absolute atomic E-state index is 7.32. The molecule has 1 aromatic heterocycles. The Morgan fingerprint density at radius 1 is 0.230 bits per heavy atom. The predicted molar refractivity (Wildman–Crippen MR) is 524 cm³/mol. The zero-order valence-electron chi connectivity index (χ0n) is 68.9. The molecule has 0 aliphatic carbocycles. The van der Waals surface area contributed by atoms with Gasteiger partial charge in [-0.1, -0.05) is 292 Å². The van der Waals surface area contributed by atoms with Crippen molar-refractivity contribution in [2.24, 2.45) is 0 Å². The van der Waals surface area contributed by atoms with Crippen LogP contribution in [0.4, 0.5) is 85.3 Å². The molecule has 8 nitrogen and oxygen atoms in total. The Hall–Kier alpha value is -14.6. The second kappa shape index (κ2) is 29.8. The van der Waals surface area contributed by atoms with Gasteiger partial charge in [-0.05, 0) is 201 Å². The highest BCUT2D eigenvalue weighted by Gasteiger charge is 2.47. The van der Waals surface area contributed by atoms with Crippen molar-refractivity contribution in [2.45, 2.75) is 39.3 Å². The van der Waals surface area contributed by atoms with Crippen LogP contribution in [0.15, 0.2) is 413 Å². The Morgan fingerprint density at radius 2 is 0.557 bits per heavy atom. The molecule has 12 heteroatoms. The lowest BCUT2D eigenvalue weighted by Crippen LogP contribution is -2.60. The molecule has 4 aliphatic rings. The van der Waals surface area contributed by atoms with Gasteiger partial charge in [0.15, 0.2) is 0 Å². The average Bonchev–Trinajstić information content (AvgIpc) is 0.710. The number of benzene rings is 18. The van der Waals surface area contributed by atoms with Crippen molar-refractivity contribution in [1.82, 2.24) is 4.57 Å². The van der Waals surface area contributed by atoms with E-state index >= 15 is 0 Å². The molecule has 0 fully saturated rings. The van der Waals surface area contributed by atoms with Crippen molar-refractivity contribution in [3.8, 4) is 28.7 Å². The second-order valence-corrected chi connectivity index (χ2v) is 44.5. The minimum atomic E-state index is -1.85. The molecule has 0 saturated carbocycles. The first-order valence-corrected chi connectivity index (χ1v) is 49.4. The molecule has 0 radical (unpaired) electrons. The largest absolute Gasteiger partial charge is 0.458 e. The average molecular weight is 1600 g/mol. The number of aromatic nitrogens is 1. The number of fused-ring (bicyclic) bond motifs is 15. The molecule has 0 spiro atoms. The lowest BCUT2D eigenvalue weighted by atomic mass is 9.33. The lowest BCUT2D eigenvalue weighted by molar-refractivity contribution is 0.488. The van der Waals surface area contributed by atoms with E-state index in [9.17, 15) is 0 Å². The van der Waals surface area contributed by atoms with E-state index in [0.717, 1.165) is 102 Å². The summed E-state index contributed by atoms with van der Waals surface area (Å²) in [4.78, 5) is 12.2. The third kappa shape index (κ3) is 12.5. The van der Waals surface area contributed by atoms with Gasteiger partial charge in [-0.25, -0.2) is 0 Å². The third-order valence-electron chi connectivity index (χ3n) is 24.9. The molecule has 0 atom stereocenters. The molecule has 122 heavy (non-hydrogen) atoms. The number of anilines is 15. The molecular formula is C110H86B2N6O2Si2. The van der Waals surface area contributed by atoms with E-state index in [-0.39, 0.29) is 13.4 Å². The van der Waals surface area contributed by atoms with Gasteiger partial charge in [-0.3, -0.25) is 0 Å². The van der Waals surface area contributed by atoms with Crippen LogP contribution in [0.25, 0.3) is 49.0 Å². The number of hydrogen-bond acceptors (Lipinski definition) is 7. The summed E-state index contributed by atoms with van der Waals surface area (Å²) in [6.45, 7) is 14.4. The molecule has 0 bridgehead atoms. The lowest BCUT2D eigenvalue weighted by Gasteiger charge is -2.42. The molecule has 0 saturated heterocycles. The molecule has 0 unspecified atom stereocenters. The molecule has 0 amide bonds. The van der Waals surface area contributed by atoms with Crippen molar-refractivity contribution in [3.05, 3.63) is 413 Å². The summed E-state index contributed by atoms with van der Waals surface area (Å²) in [6, 6.07) is 150. The second-order valence-electron chi connectivity index (χ2n) is 34.3. The first kappa shape index (κ1) is 73.8. The van der Waals surface area contributed by atoms with Crippen LogP contribution in [0.5, 0.6) is 23.0 Å². The van der Waals surface area contributed by atoms with E-state index in [1.807, 2.05) is 0 Å². The molecule has 19 aromatic rings. The standard InChI is InChI=1S/C55H42BN3OSi.C55H44BN3OSi/c1-61(2,3)41-32-50-55-53(33-41)60-52-36-49-45(43-29-18-19-31-47(43)58(49)39-24-12-6-13-25-39)34-46(52)56(55)54-44-30-17-16-28-42(44)48(35-51(54)59(50)40-26-14-7-15-27-40)57(37-20-8-4-9-21-37)38-22-10-5-11-23-38;1-61(2,3)45-36-50-55-53(37-45)60-52-35-44(57(39-21-9-4-10-22-39)40-23-11-5-12-24-40)33-34-48(52)56(55)54-47-32-20-19-31-46(47)49(38-51(54)59(50)43-29-17-8-18-30-43)58(41-25-13-6-14-26-41)42-27-15-7-16-28-42/h4-36H,1-3H3;4-38H,1-3H3. The molecule has 18 aromatic carbocycles. The predicted octanol–water partition coefficient (Wildman–Crippen LogP) is 25.1. The molecule has 23 rings (SSSR count). The highest BCUT2D eigenvalue weighted by atomic mass is 28.3. The Kier molecular flexibility index (Phi) is 18.0. The van der Waals surface area contributed by atoms with Gasteiger partial charge < -0.3 is 38.5 Å². The Labute approximate surface area is 715 Å². The highest BCUT2D eigenvalue weighted by molar-refractivity contribution is 7.02. The van der Waals surface area contributed by atoms with Gasteiger partial charge in [0.05, 0.1) is 38.6 Å². The van der Waals surface area contributed by atoms with E-state index in [4.69, 9.17) is 9.47 Å². The van der Waals surface area contributed by atoms with Crippen molar-refractivity contribution in [3.63, 3.8) is 0 Å². The van der Waals surface area contributed by atoms with Crippen LogP contribution < -0.4 is 77.1 Å². The summed E-state index contributed by atoms with van der Waals surface area (Å²) in [6.07, 6.45) is 0. The minimum absolute atomic E-state index is 0.0869. The van der Waals surface area contributed by atoms with Crippen molar-refractivity contribution < 1.29 is 9.47 Å². The van der Waals surface area contributed by atoms with Crippen LogP contribution in [0.3, 0.4) is 0 Å². The van der Waals surface area contributed by atoms with Crippen LogP contribution in [0.2, 0.25) is 39.3 Å². The normalized spacial score (nSPS) is 12.7. The van der Waals surface area contributed by atoms with Crippen LogP contribution in [-0.2, 0) is 0 Å². The highest BCUT2D eigenvalue weighted by Crippen LogP contribution is 2.51. The third-order valence-corrected chi connectivity index (χ3v) is 29.0. The number of rotatable bonds is 14. The fourth-order valence-electron chi connectivity index (χ4n) is 19.3. The maximum Gasteiger partial charge on any atom is 0.257 e. The van der Waals surface area contributed by atoms with E-state index in [2.05, 4.69) is 481 Å². The van der Waals surface area contributed by atoms with Gasteiger partial charge in [-0.2, -0.15) is 0 Å². The fraction of sp³-hybridized carbons (Fsp3) is 0.0545. The van der Waals surface area contributed by atoms with Gasteiger partial charge in [-0.15, -0.1) is 0 Å². The molecular weight excluding hydrogens is 1520 g/mol. The van der Waals surface area contributed by atoms with Crippen LogP contribution in [0.1, 0.15) is 0 Å². The molecule has 0 N–H and O–H groups in total. The summed E-state index contributed by atoms with van der Waals surface area (Å²) >= 11 is 0. The fourth-order valence-corrected chi connectivity index (χ4v) is 21.6. The zero-order valence-corrected chi connectivity index (χ0v) is 70.9. The molecule has 4 aliphatic heterocycles. The van der Waals surface area contributed by atoms with E-state index in [1.54, 1.807) is 0 Å². The number of nitrogens with zero attached hydrogens (tertiary/aromatic N) is 6. The van der Waals surface area contributed by atoms with Crippen LogP contribution in [0, 0.1) is 0 Å². The summed E-state index contributed by atoms with van der Waals surface area (Å²) in [5.41, 5.74) is 27.7. The Morgan fingerprint density at radius 3 is 0.959 bits per heavy atom. The van der Waals surface area contributed by atoms with E-state index in [0.29, 0.717) is 0 Å². The van der Waals surface area contributed by atoms with Gasteiger partial charge in [0.1, 0.15) is 23.0 Å². The summed E-state index contributed by atoms with van der Waals surface area (Å²) < 4.78 is 17.0. The van der Waals surface area contributed by atoms with Gasteiger partial charge in [0.25, 0.3) is 13.4 Å². The first-order chi connectivity index (χ1) is 59.8. The Balaban J connectivity index is 0.000000146. The van der Waals surface area contributed by atoms with E-state index in [1.165, 1.54) is 98.3 Å². The van der Waals surface area contributed by atoms with Crippen molar-refractivity contribution in [1.29, 1.82) is 0 Å². The molecule has 5 heterocycles. The van der Waals surface area contributed by atoms with Gasteiger partial charge in [0, 0.05) is 113 Å². The minimum Gasteiger partial charge on any atom is -0.458 e. The van der Waals surface area contributed by atoms with Crippen molar-refractivity contribution in [2.75, 3.05) is 24.5 Å². The van der Waals surface area contributed by atoms with E-state index < -0.39 is 16.1 Å². The van der Waals surface area contributed by atoms with Crippen molar-refractivity contribution >= 4 is 201 Å². The van der Waals surface area contributed by atoms with Crippen LogP contribution >= 0.6 is 0 Å². The number of hydrogen-bond donors (Lipinski definition) is 0. The number of ether oxygens (including phenoxy) is 2. The maximum atomic E-state index is 7.32. The molecule has 582 valence electrons. The number of para-hydroxylation sites is 10. The zero-order chi connectivity index (χ0) is 81.9. The summed E-state index contributed by atoms with van der Waals surface area (Å²) in [5, 5.41) is 10.00. The summed E-state index contributed by atoms with van der Waals surface area (Å²) in [7, 11) is -3.70. The first-order valence-electron chi connectivity index (χ1n) is 42.4. The quantitative estimate of drug-likeness (QED) is 0.100. The van der Waals surface area contributed by atoms with Gasteiger partial charge in [0.2, 0.25) is 0 Å². The smallest absolute Gasteiger partial charge is 0.257 e.